The highest BCUT2D eigenvalue weighted by Gasteiger charge is 2.37. The summed E-state index contributed by atoms with van der Waals surface area (Å²) in [7, 11) is 0. The number of amides is 2. The summed E-state index contributed by atoms with van der Waals surface area (Å²) in [5.74, 6) is -1.48. The van der Waals surface area contributed by atoms with E-state index in [0.29, 0.717) is 32.2 Å². The van der Waals surface area contributed by atoms with Crippen molar-refractivity contribution in [1.29, 1.82) is 0 Å². The molecular weight excluding hydrogens is 492 g/mol. The van der Waals surface area contributed by atoms with Gasteiger partial charge < -0.3 is 15.0 Å². The van der Waals surface area contributed by atoms with Gasteiger partial charge in [-0.1, -0.05) is 18.7 Å². The number of nitrogens with one attached hydrogen (secondary N) is 1. The van der Waals surface area contributed by atoms with E-state index in [2.05, 4.69) is 15.0 Å². The lowest BCUT2D eigenvalue weighted by Gasteiger charge is -2.26. The highest BCUT2D eigenvalue weighted by atomic mass is 32.2. The molecule has 1 heterocycles. The Morgan fingerprint density at radius 2 is 1.69 bits per heavy atom. The van der Waals surface area contributed by atoms with Crippen molar-refractivity contribution >= 4 is 34.7 Å². The zero-order chi connectivity index (χ0) is 26.2. The second-order valence-electron chi connectivity index (χ2n) is 7.70. The number of hydrogen-bond donors (Lipinski definition) is 5. The Morgan fingerprint density at radius 3 is 2.34 bits per heavy atom. The maximum Gasteiger partial charge on any atom is 0.328 e. The molecule has 1 aliphatic heterocycles. The molecule has 2 amide bonds. The fraction of sp³-hybridized carbons (Fsp3) is 0.789. The van der Waals surface area contributed by atoms with Crippen LogP contribution in [0, 0.1) is 5.92 Å². The van der Waals surface area contributed by atoms with Crippen molar-refractivity contribution in [2.24, 2.45) is 5.92 Å². The Morgan fingerprint density at radius 1 is 1.03 bits per heavy atom. The van der Waals surface area contributed by atoms with Gasteiger partial charge in [0.15, 0.2) is 0 Å². The Labute approximate surface area is 206 Å². The molecule has 16 heteroatoms. The third kappa shape index (κ3) is 13.7. The topological polar surface area (TPSA) is 199 Å². The van der Waals surface area contributed by atoms with Gasteiger partial charge in [-0.05, 0) is 25.7 Å². The minimum Gasteiger partial charge on any atom is -0.464 e. The summed E-state index contributed by atoms with van der Waals surface area (Å²) in [6, 6.07) is -0.707. The Hall–Kier alpha value is -1.89. The molecule has 5 N–H and O–H groups in total. The van der Waals surface area contributed by atoms with Crippen LogP contribution in [0.15, 0.2) is 0 Å². The van der Waals surface area contributed by atoms with Gasteiger partial charge >= 0.3 is 5.97 Å². The largest absolute Gasteiger partial charge is 0.464 e. The Kier molecular flexibility index (Phi) is 15.6. The Balaban J connectivity index is 2.28. The molecule has 2 atom stereocenters. The maximum absolute atomic E-state index is 12.8. The molecule has 1 aliphatic rings. The predicted octanol–water partition coefficient (Wildman–Crippen LogP) is 0.117. The smallest absolute Gasteiger partial charge is 0.328 e. The summed E-state index contributed by atoms with van der Waals surface area (Å²) < 4.78 is 5.15. The van der Waals surface area contributed by atoms with Crippen molar-refractivity contribution in [3.05, 3.63) is 0 Å². The van der Waals surface area contributed by atoms with Gasteiger partial charge in [-0.2, -0.15) is 0 Å². The molecule has 0 aliphatic carbocycles. The molecule has 0 aromatic carbocycles. The predicted molar refractivity (Wildman–Crippen MR) is 117 cm³/mol. The second-order valence-corrected chi connectivity index (χ2v) is 8.78. The van der Waals surface area contributed by atoms with E-state index >= 15 is 0 Å². The zero-order valence-electron chi connectivity index (χ0n) is 19.5. The van der Waals surface area contributed by atoms with E-state index in [1.165, 1.54) is 4.90 Å². The van der Waals surface area contributed by atoms with Crippen LogP contribution in [0.3, 0.4) is 0 Å². The van der Waals surface area contributed by atoms with Crippen LogP contribution >= 0.6 is 11.8 Å². The fourth-order valence-corrected chi connectivity index (χ4v) is 3.92. The summed E-state index contributed by atoms with van der Waals surface area (Å²) in [5, 5.41) is 35.0. The lowest BCUT2D eigenvalue weighted by atomic mass is 10.1. The van der Waals surface area contributed by atoms with E-state index in [1.54, 1.807) is 6.92 Å². The molecule has 0 aromatic heterocycles. The number of unbranched alkanes of at least 4 members (excludes halogenated alkanes) is 1. The molecule has 0 spiro atoms. The minimum atomic E-state index is -0.707. The van der Waals surface area contributed by atoms with Gasteiger partial charge in [0, 0.05) is 31.1 Å². The molecule has 202 valence electrons. The molecular formula is C19H34N4O11S. The van der Waals surface area contributed by atoms with Gasteiger partial charge in [-0.15, -0.1) is 0 Å². The quantitative estimate of drug-likeness (QED) is 0.0972. The van der Waals surface area contributed by atoms with Crippen molar-refractivity contribution in [2.75, 3.05) is 38.7 Å². The standard InChI is InChI=1S/C19H34N4O11S/c1-14(13-35-17(25)12-20-16(24)7-2-3-10-33-22(28)29)18(26)21-8-4-6-15(21)19(27)32-9-5-11-34-23(30)31/h14-15,28-31H,2-13H2,1H3,(H,20,24)/t14-,15+/m1/s1. The minimum absolute atomic E-state index is 0.00542. The molecule has 0 aromatic rings. The van der Waals surface area contributed by atoms with Crippen LogP contribution < -0.4 is 5.32 Å². The first-order valence-corrected chi connectivity index (χ1v) is 12.1. The van der Waals surface area contributed by atoms with Gasteiger partial charge in [0.1, 0.15) is 6.04 Å². The molecule has 0 radical (unpaired) electrons. The molecule has 0 saturated carbocycles. The summed E-state index contributed by atoms with van der Waals surface area (Å²) >= 11 is 0.923. The first-order valence-electron chi connectivity index (χ1n) is 11.1. The maximum atomic E-state index is 12.8. The van der Waals surface area contributed by atoms with E-state index in [1.807, 2.05) is 0 Å². The zero-order valence-corrected chi connectivity index (χ0v) is 20.4. The van der Waals surface area contributed by atoms with E-state index in [9.17, 15) is 19.2 Å². The lowest BCUT2D eigenvalue weighted by Crippen LogP contribution is -2.44. The lowest BCUT2D eigenvalue weighted by molar-refractivity contribution is -0.492. The van der Waals surface area contributed by atoms with Gasteiger partial charge in [0.05, 0.1) is 37.1 Å². The van der Waals surface area contributed by atoms with Crippen LogP contribution in [0.4, 0.5) is 0 Å². The number of esters is 1. The van der Waals surface area contributed by atoms with Gasteiger partial charge in [-0.3, -0.25) is 44.9 Å². The number of carbonyl (C=O) groups excluding carboxylic acids is 4. The van der Waals surface area contributed by atoms with Crippen LogP contribution in [0.5, 0.6) is 0 Å². The average molecular weight is 527 g/mol. The SMILES string of the molecule is C[C@H](CSC(=O)CNC(=O)CCCCON(O)O)C(=O)N1CCC[C@H]1C(=O)OCCCON(O)O. The van der Waals surface area contributed by atoms with Crippen LogP contribution in [-0.2, 0) is 33.6 Å². The van der Waals surface area contributed by atoms with Gasteiger partial charge in [0.25, 0.3) is 0 Å². The highest BCUT2D eigenvalue weighted by molar-refractivity contribution is 8.13. The number of carbonyl (C=O) groups is 4. The molecule has 35 heavy (non-hydrogen) atoms. The molecule has 1 saturated heterocycles. The number of thioether (sulfide) groups is 1. The molecule has 0 bridgehead atoms. The second kappa shape index (κ2) is 17.5. The molecule has 0 unspecified atom stereocenters. The summed E-state index contributed by atoms with van der Waals surface area (Å²) in [4.78, 5) is 59.1. The van der Waals surface area contributed by atoms with Crippen molar-refractivity contribution < 1.29 is 54.4 Å². The molecule has 1 rings (SSSR count). The van der Waals surface area contributed by atoms with Crippen molar-refractivity contribution in [3.63, 3.8) is 0 Å². The van der Waals surface area contributed by atoms with E-state index in [0.717, 1.165) is 11.8 Å². The van der Waals surface area contributed by atoms with E-state index in [-0.39, 0.29) is 61.9 Å². The first-order chi connectivity index (χ1) is 16.6. The van der Waals surface area contributed by atoms with Crippen LogP contribution in [0.25, 0.3) is 0 Å². The summed E-state index contributed by atoms with van der Waals surface area (Å²) in [6.07, 6.45) is 2.35. The van der Waals surface area contributed by atoms with Crippen LogP contribution in [-0.4, -0.2) is 104 Å². The van der Waals surface area contributed by atoms with Crippen molar-refractivity contribution in [3.8, 4) is 0 Å². The summed E-state index contributed by atoms with van der Waals surface area (Å²) in [6.45, 7) is 1.84. The van der Waals surface area contributed by atoms with Crippen molar-refractivity contribution in [1.82, 2.24) is 21.0 Å². The third-order valence-electron chi connectivity index (χ3n) is 4.90. The molecule has 1 fully saturated rings. The van der Waals surface area contributed by atoms with Gasteiger partial charge in [0.2, 0.25) is 16.9 Å². The monoisotopic (exact) mass is 526 g/mol. The van der Waals surface area contributed by atoms with E-state index in [4.69, 9.17) is 25.6 Å². The van der Waals surface area contributed by atoms with Gasteiger partial charge in [-0.25, -0.2) is 4.79 Å². The number of nitrogens with zero attached hydrogens (tertiary/aromatic N) is 3. The van der Waals surface area contributed by atoms with Crippen LogP contribution in [0.2, 0.25) is 0 Å². The van der Waals surface area contributed by atoms with Crippen molar-refractivity contribution in [2.45, 2.75) is 51.5 Å². The first kappa shape index (κ1) is 31.1. The normalized spacial score (nSPS) is 16.5. The number of ether oxygens (including phenoxy) is 1. The third-order valence-corrected chi connectivity index (χ3v) is 6.03. The summed E-state index contributed by atoms with van der Waals surface area (Å²) in [5.41, 5.74) is 0. The number of rotatable bonds is 17. The fourth-order valence-electron chi connectivity index (χ4n) is 3.17. The number of likely N-dealkylation sites (tertiary alicyclic amines) is 1. The average Bonchev–Trinajstić information content (AvgIpc) is 3.29. The van der Waals surface area contributed by atoms with E-state index < -0.39 is 28.7 Å². The highest BCUT2D eigenvalue weighted by Crippen LogP contribution is 2.22. The number of hydrogen-bond acceptors (Lipinski definition) is 14. The van der Waals surface area contributed by atoms with Crippen LogP contribution in [0.1, 0.15) is 45.4 Å². The molecule has 15 nitrogen and oxygen atoms in total. The Bertz CT molecular complexity index is 683.